The van der Waals surface area contributed by atoms with Crippen LogP contribution < -0.4 is 0 Å². The van der Waals surface area contributed by atoms with Crippen LogP contribution in [0, 0.1) is 0 Å². The summed E-state index contributed by atoms with van der Waals surface area (Å²) in [6, 6.07) is 0. The number of carboxylic acid groups (broad SMARTS) is 1. The van der Waals surface area contributed by atoms with E-state index in [1.54, 1.807) is 0 Å². The first kappa shape index (κ1) is 15.2. The van der Waals surface area contributed by atoms with Crippen LogP contribution in [-0.2, 0) is 14.3 Å². The van der Waals surface area contributed by atoms with Gasteiger partial charge in [-0.1, -0.05) is 19.1 Å². The molecule has 0 aliphatic heterocycles. The lowest BCUT2D eigenvalue weighted by Crippen LogP contribution is -1.98. The molecule has 1 N–H and O–H groups in total. The summed E-state index contributed by atoms with van der Waals surface area (Å²) in [5.41, 5.74) is 0. The standard InChI is InChI=1S/C8H14O2.C2H4O2/c1-3-4-5-6-7-10-8(2)9;1-2(3)4/h4-5H,3,6-7H2,1-2H3;1H3,(H,3,4)/b5-4+;. The Hall–Kier alpha value is -1.32. The molecule has 0 aromatic heterocycles. The van der Waals surface area contributed by atoms with E-state index in [4.69, 9.17) is 14.6 Å². The molecule has 0 rings (SSSR count). The molecule has 0 aromatic carbocycles. The van der Waals surface area contributed by atoms with Crippen molar-refractivity contribution in [3.8, 4) is 0 Å². The van der Waals surface area contributed by atoms with Gasteiger partial charge in [0.2, 0.25) is 0 Å². The number of hydrogen-bond acceptors (Lipinski definition) is 3. The van der Waals surface area contributed by atoms with Gasteiger partial charge in [-0.05, 0) is 12.8 Å². The second kappa shape index (κ2) is 11.7. The van der Waals surface area contributed by atoms with Crippen LogP contribution in [0.25, 0.3) is 0 Å². The summed E-state index contributed by atoms with van der Waals surface area (Å²) in [6.45, 7) is 5.08. The summed E-state index contributed by atoms with van der Waals surface area (Å²) < 4.78 is 4.70. The van der Waals surface area contributed by atoms with Gasteiger partial charge in [0.25, 0.3) is 5.97 Å². The summed E-state index contributed by atoms with van der Waals surface area (Å²) in [6.07, 6.45) is 5.94. The van der Waals surface area contributed by atoms with Crippen LogP contribution in [0.2, 0.25) is 0 Å². The Morgan fingerprint density at radius 1 is 1.29 bits per heavy atom. The topological polar surface area (TPSA) is 63.6 Å². The Balaban J connectivity index is 0. The number of carbonyl (C=O) groups is 2. The zero-order chi connectivity index (χ0) is 11.4. The highest BCUT2D eigenvalue weighted by atomic mass is 16.5. The third kappa shape index (κ3) is 31.0. The SMILES string of the molecule is CC(=O)O.CC/C=C/CCOC(C)=O. The second-order valence-corrected chi connectivity index (χ2v) is 2.53. The predicted octanol–water partition coefficient (Wildman–Crippen LogP) is 2.00. The van der Waals surface area contributed by atoms with E-state index >= 15 is 0 Å². The Bertz CT molecular complexity index is 181. The van der Waals surface area contributed by atoms with Crippen molar-refractivity contribution >= 4 is 11.9 Å². The van der Waals surface area contributed by atoms with Crippen LogP contribution in [-0.4, -0.2) is 23.7 Å². The Kier molecular flexibility index (Phi) is 12.7. The lowest BCUT2D eigenvalue weighted by Gasteiger charge is -1.95. The van der Waals surface area contributed by atoms with Gasteiger partial charge in [-0.2, -0.15) is 0 Å². The first-order chi connectivity index (χ1) is 6.50. The molecule has 0 bridgehead atoms. The number of carbonyl (C=O) groups excluding carboxylic acids is 1. The molecular weight excluding hydrogens is 184 g/mol. The normalized spacial score (nSPS) is 9.07. The lowest BCUT2D eigenvalue weighted by atomic mass is 10.3. The molecule has 4 nitrogen and oxygen atoms in total. The van der Waals surface area contributed by atoms with E-state index in [2.05, 4.69) is 13.0 Å². The van der Waals surface area contributed by atoms with Crippen LogP contribution in [0.15, 0.2) is 12.2 Å². The predicted molar refractivity (Wildman–Crippen MR) is 54.0 cm³/mol. The molecule has 0 fully saturated rings. The molecule has 14 heavy (non-hydrogen) atoms. The fourth-order valence-electron chi connectivity index (χ4n) is 0.555. The number of rotatable bonds is 4. The average molecular weight is 202 g/mol. The van der Waals surface area contributed by atoms with Crippen molar-refractivity contribution in [3.05, 3.63) is 12.2 Å². The fourth-order valence-corrected chi connectivity index (χ4v) is 0.555. The molecule has 0 aromatic rings. The Labute approximate surface area is 84.6 Å². The number of allylic oxidation sites excluding steroid dienone is 1. The zero-order valence-electron chi connectivity index (χ0n) is 8.95. The van der Waals surface area contributed by atoms with Crippen molar-refractivity contribution in [3.63, 3.8) is 0 Å². The van der Waals surface area contributed by atoms with Crippen molar-refractivity contribution in [2.75, 3.05) is 6.61 Å². The van der Waals surface area contributed by atoms with Crippen molar-refractivity contribution in [1.29, 1.82) is 0 Å². The van der Waals surface area contributed by atoms with Crippen LogP contribution in [0.4, 0.5) is 0 Å². The van der Waals surface area contributed by atoms with E-state index in [9.17, 15) is 4.79 Å². The molecule has 0 aliphatic rings. The average Bonchev–Trinajstić information content (AvgIpc) is 2.02. The molecular formula is C10H18O4. The third-order valence-corrected chi connectivity index (χ3v) is 0.992. The molecule has 0 aliphatic carbocycles. The van der Waals surface area contributed by atoms with Gasteiger partial charge in [0.15, 0.2) is 0 Å². The third-order valence-electron chi connectivity index (χ3n) is 0.992. The Morgan fingerprint density at radius 3 is 2.14 bits per heavy atom. The highest BCUT2D eigenvalue weighted by Crippen LogP contribution is 1.87. The molecule has 0 heterocycles. The highest BCUT2D eigenvalue weighted by Gasteiger charge is 1.87. The maximum Gasteiger partial charge on any atom is 0.302 e. The summed E-state index contributed by atoms with van der Waals surface area (Å²) in [5, 5.41) is 7.42. The van der Waals surface area contributed by atoms with Crippen LogP contribution in [0.1, 0.15) is 33.6 Å². The quantitative estimate of drug-likeness (QED) is 0.430. The van der Waals surface area contributed by atoms with Gasteiger partial charge in [-0.3, -0.25) is 9.59 Å². The maximum absolute atomic E-state index is 10.2. The largest absolute Gasteiger partial charge is 0.481 e. The smallest absolute Gasteiger partial charge is 0.302 e. The first-order valence-electron chi connectivity index (χ1n) is 4.48. The number of hydrogen-bond donors (Lipinski definition) is 1. The van der Waals surface area contributed by atoms with E-state index < -0.39 is 5.97 Å². The molecule has 0 saturated carbocycles. The van der Waals surface area contributed by atoms with Gasteiger partial charge < -0.3 is 9.84 Å². The molecule has 4 heteroatoms. The van der Waals surface area contributed by atoms with Gasteiger partial charge in [0.1, 0.15) is 0 Å². The minimum atomic E-state index is -0.833. The van der Waals surface area contributed by atoms with Crippen molar-refractivity contribution in [2.24, 2.45) is 0 Å². The van der Waals surface area contributed by atoms with Gasteiger partial charge in [0, 0.05) is 13.8 Å². The highest BCUT2D eigenvalue weighted by molar-refractivity contribution is 5.65. The molecule has 0 spiro atoms. The number of ether oxygens (including phenoxy) is 1. The molecule has 0 amide bonds. The molecule has 0 radical (unpaired) electrons. The van der Waals surface area contributed by atoms with E-state index in [1.807, 2.05) is 6.08 Å². The Morgan fingerprint density at radius 2 is 1.79 bits per heavy atom. The van der Waals surface area contributed by atoms with E-state index in [1.165, 1.54) is 6.92 Å². The number of esters is 1. The fraction of sp³-hybridized carbons (Fsp3) is 0.600. The summed E-state index contributed by atoms with van der Waals surface area (Å²) in [4.78, 5) is 19.2. The van der Waals surface area contributed by atoms with Crippen LogP contribution in [0.5, 0.6) is 0 Å². The molecule has 0 saturated heterocycles. The number of carboxylic acids is 1. The second-order valence-electron chi connectivity index (χ2n) is 2.53. The van der Waals surface area contributed by atoms with E-state index in [-0.39, 0.29) is 5.97 Å². The van der Waals surface area contributed by atoms with Crippen LogP contribution >= 0.6 is 0 Å². The number of aliphatic carboxylic acids is 1. The van der Waals surface area contributed by atoms with Gasteiger partial charge in [-0.25, -0.2) is 0 Å². The minimum Gasteiger partial charge on any atom is -0.481 e. The van der Waals surface area contributed by atoms with Crippen molar-refractivity contribution < 1.29 is 19.4 Å². The zero-order valence-corrected chi connectivity index (χ0v) is 8.95. The van der Waals surface area contributed by atoms with E-state index in [0.29, 0.717) is 6.61 Å². The van der Waals surface area contributed by atoms with Crippen molar-refractivity contribution in [1.82, 2.24) is 0 Å². The molecule has 82 valence electrons. The van der Waals surface area contributed by atoms with Gasteiger partial charge in [0.05, 0.1) is 6.61 Å². The van der Waals surface area contributed by atoms with Crippen molar-refractivity contribution in [2.45, 2.75) is 33.6 Å². The van der Waals surface area contributed by atoms with Gasteiger partial charge in [-0.15, -0.1) is 0 Å². The first-order valence-corrected chi connectivity index (χ1v) is 4.48. The summed E-state index contributed by atoms with van der Waals surface area (Å²) in [5.74, 6) is -1.04. The maximum atomic E-state index is 10.2. The lowest BCUT2D eigenvalue weighted by molar-refractivity contribution is -0.140. The van der Waals surface area contributed by atoms with Crippen LogP contribution in [0.3, 0.4) is 0 Å². The van der Waals surface area contributed by atoms with E-state index in [0.717, 1.165) is 19.8 Å². The monoisotopic (exact) mass is 202 g/mol. The van der Waals surface area contributed by atoms with Gasteiger partial charge >= 0.3 is 5.97 Å². The molecule has 0 unspecified atom stereocenters. The summed E-state index contributed by atoms with van der Waals surface area (Å²) >= 11 is 0. The molecule has 0 atom stereocenters. The summed E-state index contributed by atoms with van der Waals surface area (Å²) in [7, 11) is 0. The minimum absolute atomic E-state index is 0.204.